The summed E-state index contributed by atoms with van der Waals surface area (Å²) in [4.78, 5) is 14.6. The molecule has 0 spiro atoms. The zero-order valence-corrected chi connectivity index (χ0v) is 14.4. The summed E-state index contributed by atoms with van der Waals surface area (Å²) in [5.41, 5.74) is 1.52. The van der Waals surface area contributed by atoms with E-state index in [1.807, 2.05) is 20.8 Å². The van der Waals surface area contributed by atoms with E-state index in [-0.39, 0.29) is 16.9 Å². The lowest BCUT2D eigenvalue weighted by molar-refractivity contribution is 0.0923. The Balaban J connectivity index is 2.28. The number of hydrogen-bond acceptors (Lipinski definition) is 2. The molecule has 112 valence electrons. The Bertz CT molecular complexity index is 502. The third kappa shape index (κ3) is 3.43. The van der Waals surface area contributed by atoms with Crippen LogP contribution in [0.25, 0.3) is 0 Å². The van der Waals surface area contributed by atoms with Gasteiger partial charge in [-0.15, -0.1) is 11.3 Å². The Morgan fingerprint density at radius 1 is 1.25 bits per heavy atom. The monoisotopic (exact) mass is 293 g/mol. The number of amides is 1. The summed E-state index contributed by atoms with van der Waals surface area (Å²) in [6.45, 7) is 13.0. The first-order valence-electron chi connectivity index (χ1n) is 7.53. The van der Waals surface area contributed by atoms with Gasteiger partial charge in [0.15, 0.2) is 0 Å². The Hall–Kier alpha value is -0.830. The zero-order valence-electron chi connectivity index (χ0n) is 13.6. The van der Waals surface area contributed by atoms with Gasteiger partial charge < -0.3 is 5.32 Å². The number of nitrogens with one attached hydrogen (secondary N) is 1. The molecule has 0 bridgehead atoms. The first kappa shape index (κ1) is 15.6. The first-order chi connectivity index (χ1) is 9.08. The molecule has 0 saturated heterocycles. The highest BCUT2D eigenvalue weighted by atomic mass is 32.1. The smallest absolute Gasteiger partial charge is 0.261 e. The minimum atomic E-state index is -0.176. The van der Waals surface area contributed by atoms with Crippen LogP contribution in [0.3, 0.4) is 0 Å². The van der Waals surface area contributed by atoms with Crippen LogP contribution in [0.15, 0.2) is 6.07 Å². The maximum atomic E-state index is 12.3. The minimum absolute atomic E-state index is 0.0737. The fraction of sp³-hybridized carbons (Fsp3) is 0.706. The van der Waals surface area contributed by atoms with Crippen LogP contribution in [0.5, 0.6) is 0 Å². The molecule has 3 heteroatoms. The second-order valence-corrected chi connectivity index (χ2v) is 9.14. The van der Waals surface area contributed by atoms with Crippen molar-refractivity contribution in [2.45, 2.75) is 72.3 Å². The standard InChI is InChI=1S/C17H27NOS/c1-16(2,3)12-8-7-9-13-11(12)10-14(20-13)15(19)18-17(4,5)6/h10,12H,7-9H2,1-6H3,(H,18,19). The summed E-state index contributed by atoms with van der Waals surface area (Å²) >= 11 is 1.69. The maximum Gasteiger partial charge on any atom is 0.261 e. The number of rotatable bonds is 1. The van der Waals surface area contributed by atoms with Gasteiger partial charge in [-0.3, -0.25) is 4.79 Å². The van der Waals surface area contributed by atoms with Crippen molar-refractivity contribution >= 4 is 17.2 Å². The zero-order chi connectivity index (χ0) is 15.1. The average Bonchev–Trinajstić information content (AvgIpc) is 2.68. The van der Waals surface area contributed by atoms with Crippen molar-refractivity contribution in [3.05, 3.63) is 21.4 Å². The summed E-state index contributed by atoms with van der Waals surface area (Å²) in [6.07, 6.45) is 3.62. The Morgan fingerprint density at radius 2 is 1.90 bits per heavy atom. The molecule has 1 heterocycles. The van der Waals surface area contributed by atoms with Gasteiger partial charge in [-0.25, -0.2) is 0 Å². The highest BCUT2D eigenvalue weighted by Gasteiger charge is 2.32. The normalized spacial score (nSPS) is 19.6. The molecular formula is C17H27NOS. The molecule has 0 aliphatic heterocycles. The lowest BCUT2D eigenvalue weighted by Crippen LogP contribution is -2.40. The van der Waals surface area contributed by atoms with E-state index in [9.17, 15) is 4.79 Å². The van der Waals surface area contributed by atoms with Gasteiger partial charge in [0, 0.05) is 10.4 Å². The number of hydrogen-bond donors (Lipinski definition) is 1. The lowest BCUT2D eigenvalue weighted by Gasteiger charge is -2.34. The highest BCUT2D eigenvalue weighted by Crippen LogP contribution is 2.46. The second-order valence-electron chi connectivity index (χ2n) is 8.00. The summed E-state index contributed by atoms with van der Waals surface area (Å²) < 4.78 is 0. The first-order valence-corrected chi connectivity index (χ1v) is 8.35. The lowest BCUT2D eigenvalue weighted by atomic mass is 9.71. The molecule has 0 saturated carbocycles. The Morgan fingerprint density at radius 3 is 2.45 bits per heavy atom. The molecule has 1 amide bonds. The molecule has 0 radical (unpaired) electrons. The van der Waals surface area contributed by atoms with Gasteiger partial charge in [0.25, 0.3) is 5.91 Å². The SMILES string of the molecule is CC(C)(C)NC(=O)c1cc2c(s1)CCCC2C(C)(C)C. The van der Waals surface area contributed by atoms with Crippen molar-refractivity contribution in [2.75, 3.05) is 0 Å². The maximum absolute atomic E-state index is 12.3. The largest absolute Gasteiger partial charge is 0.347 e. The second kappa shape index (κ2) is 5.18. The third-order valence-electron chi connectivity index (χ3n) is 3.87. The van der Waals surface area contributed by atoms with Gasteiger partial charge in [-0.1, -0.05) is 20.8 Å². The molecule has 2 nitrogen and oxygen atoms in total. The molecule has 1 aromatic heterocycles. The topological polar surface area (TPSA) is 29.1 Å². The average molecular weight is 293 g/mol. The van der Waals surface area contributed by atoms with Crippen LogP contribution in [0, 0.1) is 5.41 Å². The number of thiophene rings is 1. The van der Waals surface area contributed by atoms with Crippen LogP contribution in [0.1, 0.15) is 80.4 Å². The van der Waals surface area contributed by atoms with Gasteiger partial charge in [0.05, 0.1) is 4.88 Å². The van der Waals surface area contributed by atoms with Crippen molar-refractivity contribution in [3.8, 4) is 0 Å². The van der Waals surface area contributed by atoms with Crippen LogP contribution in [0.4, 0.5) is 0 Å². The predicted molar refractivity (Wildman–Crippen MR) is 86.7 cm³/mol. The van der Waals surface area contributed by atoms with Gasteiger partial charge in [-0.05, 0) is 63.0 Å². The highest BCUT2D eigenvalue weighted by molar-refractivity contribution is 7.14. The molecule has 1 unspecified atom stereocenters. The third-order valence-corrected chi connectivity index (χ3v) is 5.08. The molecule has 20 heavy (non-hydrogen) atoms. The minimum Gasteiger partial charge on any atom is -0.347 e. The van der Waals surface area contributed by atoms with Gasteiger partial charge in [0.1, 0.15) is 0 Å². The van der Waals surface area contributed by atoms with E-state index in [1.54, 1.807) is 11.3 Å². The predicted octanol–water partition coefficient (Wildman–Crippen LogP) is 4.74. The number of aryl methyl sites for hydroxylation is 1. The molecular weight excluding hydrogens is 266 g/mol. The van der Waals surface area contributed by atoms with Gasteiger partial charge in [-0.2, -0.15) is 0 Å². The number of fused-ring (bicyclic) bond motifs is 1. The van der Waals surface area contributed by atoms with E-state index in [2.05, 4.69) is 32.2 Å². The number of carbonyl (C=O) groups excluding carboxylic acids is 1. The van der Waals surface area contributed by atoms with Gasteiger partial charge >= 0.3 is 0 Å². The summed E-state index contributed by atoms with van der Waals surface area (Å²) in [6, 6.07) is 2.15. The van der Waals surface area contributed by atoms with Crippen molar-refractivity contribution in [1.82, 2.24) is 5.32 Å². The van der Waals surface area contributed by atoms with Crippen molar-refractivity contribution in [3.63, 3.8) is 0 Å². The summed E-state index contributed by atoms with van der Waals surface area (Å²) in [5, 5.41) is 3.07. The van der Waals surface area contributed by atoms with Crippen LogP contribution < -0.4 is 5.32 Å². The molecule has 1 N–H and O–H groups in total. The van der Waals surface area contributed by atoms with Crippen LogP contribution in [0.2, 0.25) is 0 Å². The van der Waals surface area contributed by atoms with E-state index in [4.69, 9.17) is 0 Å². The van der Waals surface area contributed by atoms with Crippen molar-refractivity contribution in [2.24, 2.45) is 5.41 Å². The fourth-order valence-electron chi connectivity index (χ4n) is 2.97. The molecule has 1 atom stereocenters. The van der Waals surface area contributed by atoms with Crippen molar-refractivity contribution in [1.29, 1.82) is 0 Å². The Kier molecular flexibility index (Phi) is 4.03. The molecule has 1 aliphatic carbocycles. The summed E-state index contributed by atoms with van der Waals surface area (Å²) in [5.74, 6) is 0.656. The van der Waals surface area contributed by atoms with Crippen LogP contribution in [-0.4, -0.2) is 11.4 Å². The summed E-state index contributed by atoms with van der Waals surface area (Å²) in [7, 11) is 0. The van der Waals surface area contributed by atoms with E-state index in [1.165, 1.54) is 23.3 Å². The van der Waals surface area contributed by atoms with Gasteiger partial charge in [0.2, 0.25) is 0 Å². The van der Waals surface area contributed by atoms with E-state index in [0.29, 0.717) is 5.92 Å². The van der Waals surface area contributed by atoms with Crippen LogP contribution >= 0.6 is 11.3 Å². The molecule has 0 aromatic carbocycles. The van der Waals surface area contributed by atoms with E-state index in [0.717, 1.165) is 11.3 Å². The fourth-order valence-corrected chi connectivity index (χ4v) is 4.13. The van der Waals surface area contributed by atoms with Crippen molar-refractivity contribution < 1.29 is 4.79 Å². The Labute approximate surface area is 127 Å². The van der Waals surface area contributed by atoms with Crippen LogP contribution in [-0.2, 0) is 6.42 Å². The molecule has 2 rings (SSSR count). The molecule has 0 fully saturated rings. The van der Waals surface area contributed by atoms with E-state index >= 15 is 0 Å². The van der Waals surface area contributed by atoms with E-state index < -0.39 is 0 Å². The molecule has 1 aromatic rings. The quantitative estimate of drug-likeness (QED) is 0.796. The molecule has 1 aliphatic rings. The number of carbonyl (C=O) groups is 1.